The molecule has 0 spiro atoms. The molecule has 2 aromatic rings. The van der Waals surface area contributed by atoms with Crippen molar-refractivity contribution in [3.63, 3.8) is 0 Å². The van der Waals surface area contributed by atoms with Crippen molar-refractivity contribution in [3.05, 3.63) is 39.3 Å². The SMILES string of the molecule is C=CCOC[C@H](O)CN(CCC(C)C)Cc1nc2sc3c(c2c(=O)[nH]1)CCC3. The summed E-state index contributed by atoms with van der Waals surface area (Å²) in [5.74, 6) is 1.23. The van der Waals surface area contributed by atoms with Crippen molar-refractivity contribution in [1.29, 1.82) is 0 Å². The standard InChI is InChI=1S/C21H31N3O3S/c1-4-10-27-13-15(25)11-24(9-8-14(2)3)12-18-22-20(26)19-16-6-5-7-17(16)28-21(19)23-18/h4,14-15,25H,1,5-13H2,2-3H3,(H,22,23,26)/t15-/m1/s1. The van der Waals surface area contributed by atoms with Gasteiger partial charge >= 0.3 is 0 Å². The van der Waals surface area contributed by atoms with Gasteiger partial charge in [-0.25, -0.2) is 4.98 Å². The maximum atomic E-state index is 12.7. The number of hydrogen-bond donors (Lipinski definition) is 2. The molecule has 0 fully saturated rings. The first-order valence-electron chi connectivity index (χ1n) is 10.1. The Morgan fingerprint density at radius 2 is 2.25 bits per heavy atom. The Hall–Kier alpha value is -1.54. The predicted octanol–water partition coefficient (Wildman–Crippen LogP) is 2.88. The Morgan fingerprint density at radius 1 is 1.43 bits per heavy atom. The lowest BCUT2D eigenvalue weighted by Crippen LogP contribution is -2.36. The van der Waals surface area contributed by atoms with E-state index in [2.05, 4.69) is 30.3 Å². The molecule has 0 unspecified atom stereocenters. The lowest BCUT2D eigenvalue weighted by molar-refractivity contribution is 0.0232. The highest BCUT2D eigenvalue weighted by Crippen LogP contribution is 2.34. The van der Waals surface area contributed by atoms with Gasteiger partial charge in [-0.1, -0.05) is 19.9 Å². The molecule has 0 aliphatic heterocycles. The summed E-state index contributed by atoms with van der Waals surface area (Å²) in [6.07, 6.45) is 5.27. The molecule has 154 valence electrons. The van der Waals surface area contributed by atoms with Crippen molar-refractivity contribution in [3.8, 4) is 0 Å². The number of thiophene rings is 1. The summed E-state index contributed by atoms with van der Waals surface area (Å²) in [6, 6.07) is 0. The van der Waals surface area contributed by atoms with Gasteiger partial charge < -0.3 is 14.8 Å². The van der Waals surface area contributed by atoms with Crippen molar-refractivity contribution in [2.45, 2.75) is 52.2 Å². The van der Waals surface area contributed by atoms with Gasteiger partial charge in [0.2, 0.25) is 0 Å². The predicted molar refractivity (Wildman–Crippen MR) is 114 cm³/mol. The quantitative estimate of drug-likeness (QED) is 0.444. The molecule has 28 heavy (non-hydrogen) atoms. The molecule has 0 bridgehead atoms. The first-order valence-corrected chi connectivity index (χ1v) is 10.9. The second kappa shape index (κ2) is 9.78. The van der Waals surface area contributed by atoms with Crippen LogP contribution in [0.15, 0.2) is 17.4 Å². The lowest BCUT2D eigenvalue weighted by atomic mass is 10.1. The highest BCUT2D eigenvalue weighted by atomic mass is 32.1. The van der Waals surface area contributed by atoms with Crippen LogP contribution in [0.5, 0.6) is 0 Å². The number of aliphatic hydroxyl groups excluding tert-OH is 1. The fourth-order valence-corrected chi connectivity index (χ4v) is 4.93. The zero-order valence-corrected chi connectivity index (χ0v) is 17.7. The van der Waals surface area contributed by atoms with Crippen LogP contribution >= 0.6 is 11.3 Å². The molecular formula is C21H31N3O3S. The summed E-state index contributed by atoms with van der Waals surface area (Å²) in [7, 11) is 0. The minimum absolute atomic E-state index is 0.0296. The third-order valence-electron chi connectivity index (χ3n) is 5.04. The number of hydrogen-bond acceptors (Lipinski definition) is 6. The number of ether oxygens (including phenoxy) is 1. The van der Waals surface area contributed by atoms with Crippen LogP contribution in [0.2, 0.25) is 0 Å². The number of aryl methyl sites for hydroxylation is 2. The molecule has 0 saturated heterocycles. The molecule has 0 amide bonds. The van der Waals surface area contributed by atoms with Crippen molar-refractivity contribution in [1.82, 2.24) is 14.9 Å². The number of aromatic amines is 1. The molecule has 6 nitrogen and oxygen atoms in total. The molecule has 0 aromatic carbocycles. The molecule has 2 heterocycles. The van der Waals surface area contributed by atoms with E-state index in [0.717, 1.165) is 42.4 Å². The molecule has 1 aliphatic carbocycles. The average Bonchev–Trinajstić information content (AvgIpc) is 3.20. The minimum Gasteiger partial charge on any atom is -0.389 e. The second-order valence-corrected chi connectivity index (χ2v) is 9.03. The molecule has 3 rings (SSSR count). The molecular weight excluding hydrogens is 374 g/mol. The van der Waals surface area contributed by atoms with Crippen LogP contribution < -0.4 is 5.56 Å². The average molecular weight is 406 g/mol. The van der Waals surface area contributed by atoms with E-state index in [-0.39, 0.29) is 12.2 Å². The lowest BCUT2D eigenvalue weighted by Gasteiger charge is -2.25. The smallest absolute Gasteiger partial charge is 0.259 e. The fourth-order valence-electron chi connectivity index (χ4n) is 3.65. The van der Waals surface area contributed by atoms with E-state index in [9.17, 15) is 9.90 Å². The van der Waals surface area contributed by atoms with Gasteiger partial charge in [-0.15, -0.1) is 17.9 Å². The largest absolute Gasteiger partial charge is 0.389 e. The van der Waals surface area contributed by atoms with E-state index in [1.54, 1.807) is 17.4 Å². The van der Waals surface area contributed by atoms with Gasteiger partial charge in [-0.2, -0.15) is 0 Å². The van der Waals surface area contributed by atoms with Gasteiger partial charge in [0.05, 0.1) is 31.2 Å². The molecule has 1 aliphatic rings. The van der Waals surface area contributed by atoms with Crippen LogP contribution in [0.4, 0.5) is 0 Å². The highest BCUT2D eigenvalue weighted by molar-refractivity contribution is 7.18. The van der Waals surface area contributed by atoms with Crippen LogP contribution in [0.25, 0.3) is 10.2 Å². The zero-order chi connectivity index (χ0) is 20.1. The van der Waals surface area contributed by atoms with Crippen molar-refractivity contribution in [2.75, 3.05) is 26.3 Å². The van der Waals surface area contributed by atoms with Crippen molar-refractivity contribution in [2.24, 2.45) is 5.92 Å². The number of aromatic nitrogens is 2. The molecule has 7 heteroatoms. The Labute approximate surface area is 170 Å². The summed E-state index contributed by atoms with van der Waals surface area (Å²) < 4.78 is 5.37. The summed E-state index contributed by atoms with van der Waals surface area (Å²) in [5.41, 5.74) is 1.17. The summed E-state index contributed by atoms with van der Waals surface area (Å²) in [5, 5.41) is 11.1. The normalized spacial score (nSPS) is 14.9. The monoisotopic (exact) mass is 405 g/mol. The van der Waals surface area contributed by atoms with E-state index < -0.39 is 6.10 Å². The first-order chi connectivity index (χ1) is 13.5. The molecule has 2 N–H and O–H groups in total. The van der Waals surface area contributed by atoms with Gasteiger partial charge in [-0.3, -0.25) is 9.69 Å². The highest BCUT2D eigenvalue weighted by Gasteiger charge is 2.22. The van der Waals surface area contributed by atoms with Crippen LogP contribution in [0.3, 0.4) is 0 Å². The van der Waals surface area contributed by atoms with Crippen LogP contribution in [0.1, 0.15) is 43.0 Å². The Morgan fingerprint density at radius 3 is 3.00 bits per heavy atom. The number of aliphatic hydroxyl groups is 1. The van der Waals surface area contributed by atoms with E-state index in [1.807, 2.05) is 0 Å². The number of nitrogens with one attached hydrogen (secondary N) is 1. The van der Waals surface area contributed by atoms with Crippen molar-refractivity contribution < 1.29 is 9.84 Å². The van der Waals surface area contributed by atoms with Gasteiger partial charge in [0.25, 0.3) is 5.56 Å². The molecule has 0 saturated carbocycles. The molecule has 2 aromatic heterocycles. The Kier molecular flexibility index (Phi) is 7.40. The number of fused-ring (bicyclic) bond motifs is 3. The topological polar surface area (TPSA) is 78.5 Å². The van der Waals surface area contributed by atoms with Crippen LogP contribution in [-0.2, 0) is 24.1 Å². The third kappa shape index (κ3) is 5.29. The summed E-state index contributed by atoms with van der Waals surface area (Å²) in [4.78, 5) is 24.7. The maximum Gasteiger partial charge on any atom is 0.259 e. The number of H-pyrrole nitrogens is 1. The van der Waals surface area contributed by atoms with Gasteiger partial charge in [0.15, 0.2) is 0 Å². The van der Waals surface area contributed by atoms with E-state index in [0.29, 0.717) is 31.4 Å². The summed E-state index contributed by atoms with van der Waals surface area (Å²) in [6.45, 7) is 10.5. The van der Waals surface area contributed by atoms with Gasteiger partial charge in [0, 0.05) is 11.4 Å². The third-order valence-corrected chi connectivity index (χ3v) is 6.22. The summed E-state index contributed by atoms with van der Waals surface area (Å²) >= 11 is 1.66. The minimum atomic E-state index is -0.590. The van der Waals surface area contributed by atoms with Crippen LogP contribution in [-0.4, -0.2) is 52.4 Å². The molecule has 1 atom stereocenters. The van der Waals surface area contributed by atoms with Gasteiger partial charge in [0.1, 0.15) is 10.7 Å². The van der Waals surface area contributed by atoms with E-state index >= 15 is 0 Å². The Balaban J connectivity index is 1.73. The Bertz CT molecular complexity index is 858. The zero-order valence-electron chi connectivity index (χ0n) is 16.9. The van der Waals surface area contributed by atoms with E-state index in [4.69, 9.17) is 9.72 Å². The maximum absolute atomic E-state index is 12.7. The molecule has 0 radical (unpaired) electrons. The van der Waals surface area contributed by atoms with E-state index in [1.165, 1.54) is 10.4 Å². The number of nitrogens with zero attached hydrogens (tertiary/aromatic N) is 2. The fraction of sp³-hybridized carbons (Fsp3) is 0.619. The first kappa shape index (κ1) is 21.2. The van der Waals surface area contributed by atoms with Gasteiger partial charge in [-0.05, 0) is 43.7 Å². The van der Waals surface area contributed by atoms with Crippen molar-refractivity contribution >= 4 is 21.6 Å². The second-order valence-electron chi connectivity index (χ2n) is 7.95. The number of rotatable bonds is 11. The van der Waals surface area contributed by atoms with Crippen LogP contribution in [0, 0.1) is 5.92 Å².